The van der Waals surface area contributed by atoms with E-state index in [-0.39, 0.29) is 5.41 Å². The second-order valence-electron chi connectivity index (χ2n) is 7.70. The number of hydrogen-bond donors (Lipinski definition) is 0. The molecule has 2 aromatic rings. The van der Waals surface area contributed by atoms with Crippen LogP contribution in [0.3, 0.4) is 0 Å². The molecule has 0 saturated carbocycles. The minimum Gasteiger partial charge on any atom is -0.463 e. The van der Waals surface area contributed by atoms with Crippen molar-refractivity contribution in [3.63, 3.8) is 0 Å². The van der Waals surface area contributed by atoms with E-state index in [0.29, 0.717) is 11.3 Å². The maximum atomic E-state index is 11.8. The molecule has 0 fully saturated rings. The summed E-state index contributed by atoms with van der Waals surface area (Å²) in [5.41, 5.74) is 2.82. The average molecular weight is 361 g/mol. The van der Waals surface area contributed by atoms with E-state index < -0.39 is 11.7 Å². The van der Waals surface area contributed by atoms with Gasteiger partial charge < -0.3 is 14.4 Å². The Balaban J connectivity index is 1.72. The fraction of sp³-hybridized carbons (Fsp3) is 0.261. The SMILES string of the molecule is C=C(C)C(=O)Oc1ccc2c(c1)C=CC1(O2)N(C)c2ccccc2C1(C)C. The summed E-state index contributed by atoms with van der Waals surface area (Å²) < 4.78 is 11.9. The topological polar surface area (TPSA) is 38.8 Å². The van der Waals surface area contributed by atoms with Gasteiger partial charge in [-0.15, -0.1) is 0 Å². The van der Waals surface area contributed by atoms with Crippen LogP contribution in [0.25, 0.3) is 6.08 Å². The van der Waals surface area contributed by atoms with E-state index in [1.165, 1.54) is 11.3 Å². The molecular weight excluding hydrogens is 338 g/mol. The van der Waals surface area contributed by atoms with Crippen LogP contribution in [0.4, 0.5) is 5.69 Å². The molecule has 1 atom stereocenters. The Hall–Kier alpha value is -3.01. The zero-order valence-corrected chi connectivity index (χ0v) is 16.1. The Labute approximate surface area is 159 Å². The van der Waals surface area contributed by atoms with Gasteiger partial charge in [-0.25, -0.2) is 4.79 Å². The van der Waals surface area contributed by atoms with Crippen LogP contribution in [-0.4, -0.2) is 18.7 Å². The van der Waals surface area contributed by atoms with Gasteiger partial charge in [-0.2, -0.15) is 0 Å². The number of esters is 1. The van der Waals surface area contributed by atoms with Crippen LogP contribution < -0.4 is 14.4 Å². The molecule has 4 heteroatoms. The van der Waals surface area contributed by atoms with Gasteiger partial charge in [-0.05, 0) is 62.8 Å². The van der Waals surface area contributed by atoms with Gasteiger partial charge in [-0.1, -0.05) is 24.8 Å². The fourth-order valence-electron chi connectivity index (χ4n) is 4.01. The lowest BCUT2D eigenvalue weighted by Gasteiger charge is -2.45. The van der Waals surface area contributed by atoms with E-state index in [2.05, 4.69) is 56.6 Å². The molecule has 0 aliphatic carbocycles. The summed E-state index contributed by atoms with van der Waals surface area (Å²) in [5, 5.41) is 0. The van der Waals surface area contributed by atoms with Gasteiger partial charge in [0.1, 0.15) is 11.5 Å². The largest absolute Gasteiger partial charge is 0.463 e. The van der Waals surface area contributed by atoms with Gasteiger partial charge in [0.05, 0.1) is 5.41 Å². The molecule has 4 rings (SSSR count). The molecule has 2 aliphatic rings. The molecule has 2 aliphatic heterocycles. The first-order chi connectivity index (χ1) is 12.8. The normalized spacial score (nSPS) is 21.4. The van der Waals surface area contributed by atoms with Gasteiger partial charge in [0.15, 0.2) is 0 Å². The summed E-state index contributed by atoms with van der Waals surface area (Å²) in [5.74, 6) is 0.813. The summed E-state index contributed by atoms with van der Waals surface area (Å²) in [4.78, 5) is 14.0. The van der Waals surface area contributed by atoms with Crippen molar-refractivity contribution < 1.29 is 14.3 Å². The number of fused-ring (bicyclic) bond motifs is 2. The molecule has 138 valence electrons. The Bertz CT molecular complexity index is 989. The molecule has 0 saturated heterocycles. The summed E-state index contributed by atoms with van der Waals surface area (Å²) in [6.07, 6.45) is 4.14. The minimum atomic E-state index is -0.612. The third kappa shape index (κ3) is 2.40. The molecule has 0 amide bonds. The van der Waals surface area contributed by atoms with Crippen molar-refractivity contribution in [2.24, 2.45) is 0 Å². The van der Waals surface area contributed by atoms with E-state index in [1.807, 2.05) is 24.3 Å². The standard InChI is InChI=1S/C23H23NO3/c1-15(2)21(25)26-17-10-11-20-16(14-17)12-13-23(27-20)22(3,4)18-8-6-7-9-19(18)24(23)5/h6-14H,1H2,2-5H3. The zero-order valence-electron chi connectivity index (χ0n) is 16.1. The number of rotatable bonds is 2. The van der Waals surface area contributed by atoms with E-state index in [4.69, 9.17) is 9.47 Å². The Kier molecular flexibility index (Phi) is 3.70. The van der Waals surface area contributed by atoms with E-state index in [1.54, 1.807) is 13.0 Å². The molecule has 4 nitrogen and oxygen atoms in total. The Morgan fingerprint density at radius 2 is 1.93 bits per heavy atom. The highest BCUT2D eigenvalue weighted by Crippen LogP contribution is 2.54. The molecule has 0 radical (unpaired) electrons. The van der Waals surface area contributed by atoms with Crippen molar-refractivity contribution in [2.45, 2.75) is 31.9 Å². The molecule has 0 N–H and O–H groups in total. The second kappa shape index (κ2) is 5.74. The van der Waals surface area contributed by atoms with Crippen molar-refractivity contribution in [1.82, 2.24) is 0 Å². The lowest BCUT2D eigenvalue weighted by atomic mass is 9.76. The van der Waals surface area contributed by atoms with Crippen LogP contribution in [0.1, 0.15) is 31.9 Å². The number of nitrogens with zero attached hydrogens (tertiary/aromatic N) is 1. The molecule has 0 aromatic heterocycles. The fourth-order valence-corrected chi connectivity index (χ4v) is 4.01. The van der Waals surface area contributed by atoms with Crippen molar-refractivity contribution in [1.29, 1.82) is 0 Å². The first-order valence-electron chi connectivity index (χ1n) is 8.99. The number of carbonyl (C=O) groups is 1. The smallest absolute Gasteiger partial charge is 0.338 e. The highest BCUT2D eigenvalue weighted by molar-refractivity contribution is 5.89. The quantitative estimate of drug-likeness (QED) is 0.442. The van der Waals surface area contributed by atoms with Crippen LogP contribution in [0.5, 0.6) is 11.5 Å². The average Bonchev–Trinajstić information content (AvgIpc) is 2.81. The van der Waals surface area contributed by atoms with Gasteiger partial charge >= 0.3 is 5.97 Å². The lowest BCUT2D eigenvalue weighted by molar-refractivity contribution is -0.130. The number of carbonyl (C=O) groups excluding carboxylic acids is 1. The predicted octanol–water partition coefficient (Wildman–Crippen LogP) is 4.70. The number of benzene rings is 2. The molecule has 1 spiro atoms. The number of para-hydroxylation sites is 1. The van der Waals surface area contributed by atoms with Crippen molar-refractivity contribution in [3.05, 3.63) is 71.8 Å². The maximum Gasteiger partial charge on any atom is 0.338 e. The molecule has 2 aromatic carbocycles. The number of hydrogen-bond acceptors (Lipinski definition) is 4. The summed E-state index contributed by atoms with van der Waals surface area (Å²) >= 11 is 0. The van der Waals surface area contributed by atoms with Crippen molar-refractivity contribution in [2.75, 3.05) is 11.9 Å². The molecule has 27 heavy (non-hydrogen) atoms. The van der Waals surface area contributed by atoms with E-state index in [9.17, 15) is 4.79 Å². The molecule has 2 heterocycles. The number of ether oxygens (including phenoxy) is 2. The number of anilines is 1. The molecule has 1 unspecified atom stereocenters. The van der Waals surface area contributed by atoms with Gasteiger partial charge in [0, 0.05) is 23.9 Å². The summed E-state index contributed by atoms with van der Waals surface area (Å²) in [6.45, 7) is 9.64. The van der Waals surface area contributed by atoms with Crippen molar-refractivity contribution >= 4 is 17.7 Å². The van der Waals surface area contributed by atoms with Gasteiger partial charge in [0.25, 0.3) is 0 Å². The Morgan fingerprint density at radius 3 is 2.63 bits per heavy atom. The minimum absolute atomic E-state index is 0.238. The highest BCUT2D eigenvalue weighted by Gasteiger charge is 2.57. The van der Waals surface area contributed by atoms with Gasteiger partial charge in [-0.3, -0.25) is 0 Å². The highest BCUT2D eigenvalue weighted by atomic mass is 16.5. The summed E-state index contributed by atoms with van der Waals surface area (Å²) in [6, 6.07) is 13.8. The van der Waals surface area contributed by atoms with E-state index in [0.717, 1.165) is 11.3 Å². The van der Waals surface area contributed by atoms with Crippen LogP contribution in [0.15, 0.2) is 60.7 Å². The monoisotopic (exact) mass is 361 g/mol. The predicted molar refractivity (Wildman–Crippen MR) is 107 cm³/mol. The molecule has 0 bridgehead atoms. The Morgan fingerprint density at radius 1 is 1.19 bits per heavy atom. The van der Waals surface area contributed by atoms with E-state index >= 15 is 0 Å². The second-order valence-corrected chi connectivity index (χ2v) is 7.70. The zero-order chi connectivity index (χ0) is 19.4. The van der Waals surface area contributed by atoms with Crippen LogP contribution in [0.2, 0.25) is 0 Å². The maximum absolute atomic E-state index is 11.8. The van der Waals surface area contributed by atoms with Crippen LogP contribution in [0, 0.1) is 0 Å². The third-order valence-electron chi connectivity index (χ3n) is 5.63. The van der Waals surface area contributed by atoms with Gasteiger partial charge in [0.2, 0.25) is 5.72 Å². The first-order valence-corrected chi connectivity index (χ1v) is 8.99. The summed E-state index contributed by atoms with van der Waals surface area (Å²) in [7, 11) is 2.06. The molecular formula is C23H23NO3. The lowest BCUT2D eigenvalue weighted by Crippen LogP contribution is -2.58. The first kappa shape index (κ1) is 17.4. The third-order valence-corrected chi connectivity index (χ3v) is 5.63. The number of likely N-dealkylation sites (N-methyl/N-ethyl adjacent to an activating group) is 1. The van der Waals surface area contributed by atoms with Crippen molar-refractivity contribution in [3.8, 4) is 11.5 Å². The van der Waals surface area contributed by atoms with Crippen LogP contribution in [-0.2, 0) is 10.2 Å². The van der Waals surface area contributed by atoms with Crippen LogP contribution >= 0.6 is 0 Å².